The Morgan fingerprint density at radius 2 is 2.14 bits per heavy atom. The summed E-state index contributed by atoms with van der Waals surface area (Å²) in [5, 5.41) is 3.75. The van der Waals surface area contributed by atoms with E-state index in [1.54, 1.807) is 6.26 Å². The molecule has 0 radical (unpaired) electrons. The SMILES string of the molecule is CC(CNC(=O)CCCCBr)S(C)=O. The average Bonchev–Trinajstić information content (AvgIpc) is 2.14. The Morgan fingerprint density at radius 3 is 2.64 bits per heavy atom. The van der Waals surface area contributed by atoms with E-state index in [9.17, 15) is 9.00 Å². The molecule has 2 unspecified atom stereocenters. The van der Waals surface area contributed by atoms with Gasteiger partial charge in [-0.15, -0.1) is 0 Å². The summed E-state index contributed by atoms with van der Waals surface area (Å²) in [6.07, 6.45) is 4.14. The van der Waals surface area contributed by atoms with E-state index in [4.69, 9.17) is 0 Å². The highest BCUT2D eigenvalue weighted by atomic mass is 79.9. The predicted octanol–water partition coefficient (Wildman–Crippen LogP) is 1.43. The number of nitrogens with one attached hydrogen (secondary N) is 1. The summed E-state index contributed by atoms with van der Waals surface area (Å²) in [5.41, 5.74) is 0. The van der Waals surface area contributed by atoms with Crippen molar-refractivity contribution in [2.45, 2.75) is 31.4 Å². The van der Waals surface area contributed by atoms with E-state index in [-0.39, 0.29) is 11.2 Å². The summed E-state index contributed by atoms with van der Waals surface area (Å²) < 4.78 is 11.0. The monoisotopic (exact) mass is 283 g/mol. The van der Waals surface area contributed by atoms with Crippen LogP contribution in [0.4, 0.5) is 0 Å². The van der Waals surface area contributed by atoms with E-state index in [2.05, 4.69) is 21.2 Å². The van der Waals surface area contributed by atoms with E-state index in [0.29, 0.717) is 13.0 Å². The standard InChI is InChI=1S/C9H18BrNO2S/c1-8(14(2)13)7-11-9(12)5-3-4-6-10/h8H,3-7H2,1-2H3,(H,11,12). The quantitative estimate of drug-likeness (QED) is 0.568. The van der Waals surface area contributed by atoms with Crippen LogP contribution < -0.4 is 5.32 Å². The van der Waals surface area contributed by atoms with Gasteiger partial charge in [0.25, 0.3) is 0 Å². The van der Waals surface area contributed by atoms with Gasteiger partial charge < -0.3 is 5.32 Å². The van der Waals surface area contributed by atoms with Crippen LogP contribution in [0.25, 0.3) is 0 Å². The highest BCUT2D eigenvalue weighted by molar-refractivity contribution is 9.09. The minimum atomic E-state index is -0.856. The first-order valence-corrected chi connectivity index (χ1v) is 7.47. The molecule has 0 aliphatic rings. The average molecular weight is 284 g/mol. The molecular weight excluding hydrogens is 266 g/mol. The van der Waals surface area contributed by atoms with Crippen LogP contribution in [0.2, 0.25) is 0 Å². The lowest BCUT2D eigenvalue weighted by Crippen LogP contribution is -2.32. The lowest BCUT2D eigenvalue weighted by atomic mass is 10.2. The Morgan fingerprint density at radius 1 is 1.50 bits per heavy atom. The molecule has 0 saturated heterocycles. The minimum Gasteiger partial charge on any atom is -0.355 e. The third-order valence-electron chi connectivity index (χ3n) is 1.94. The highest BCUT2D eigenvalue weighted by Gasteiger charge is 2.07. The maximum atomic E-state index is 11.2. The summed E-state index contributed by atoms with van der Waals surface area (Å²) >= 11 is 3.31. The summed E-state index contributed by atoms with van der Waals surface area (Å²) in [4.78, 5) is 11.2. The van der Waals surface area contributed by atoms with Crippen LogP contribution in [0, 0.1) is 0 Å². The molecule has 0 aromatic carbocycles. The largest absolute Gasteiger partial charge is 0.355 e. The third kappa shape index (κ3) is 7.50. The molecule has 0 fully saturated rings. The van der Waals surface area contributed by atoms with Gasteiger partial charge in [0, 0.05) is 40.6 Å². The zero-order valence-corrected chi connectivity index (χ0v) is 11.1. The summed E-state index contributed by atoms with van der Waals surface area (Å²) in [6, 6.07) is 0. The molecule has 0 heterocycles. The van der Waals surface area contributed by atoms with Crippen molar-refractivity contribution in [3.63, 3.8) is 0 Å². The van der Waals surface area contributed by atoms with Gasteiger partial charge in [-0.3, -0.25) is 9.00 Å². The topological polar surface area (TPSA) is 46.2 Å². The van der Waals surface area contributed by atoms with Crippen molar-refractivity contribution in [2.75, 3.05) is 18.1 Å². The molecule has 14 heavy (non-hydrogen) atoms. The van der Waals surface area contributed by atoms with Gasteiger partial charge in [-0.2, -0.15) is 0 Å². The number of unbranched alkanes of at least 4 members (excludes halogenated alkanes) is 1. The Kier molecular flexibility index (Phi) is 8.47. The van der Waals surface area contributed by atoms with Gasteiger partial charge >= 0.3 is 0 Å². The molecule has 1 N–H and O–H groups in total. The van der Waals surface area contributed by atoms with Gasteiger partial charge in [-0.05, 0) is 19.8 Å². The normalized spacial score (nSPS) is 14.8. The van der Waals surface area contributed by atoms with E-state index in [0.717, 1.165) is 18.2 Å². The molecule has 0 aliphatic heterocycles. The number of hydrogen-bond donors (Lipinski definition) is 1. The Bertz CT molecular complexity index is 199. The van der Waals surface area contributed by atoms with Crippen molar-refractivity contribution in [3.05, 3.63) is 0 Å². The van der Waals surface area contributed by atoms with E-state index >= 15 is 0 Å². The van der Waals surface area contributed by atoms with Crippen molar-refractivity contribution in [3.8, 4) is 0 Å². The molecule has 0 saturated carbocycles. The van der Waals surface area contributed by atoms with Crippen molar-refractivity contribution < 1.29 is 9.00 Å². The van der Waals surface area contributed by atoms with Crippen LogP contribution in [0.3, 0.4) is 0 Å². The number of amides is 1. The van der Waals surface area contributed by atoms with E-state index in [1.165, 1.54) is 0 Å². The van der Waals surface area contributed by atoms with E-state index < -0.39 is 10.8 Å². The van der Waals surface area contributed by atoms with Crippen LogP contribution in [0.15, 0.2) is 0 Å². The highest BCUT2D eigenvalue weighted by Crippen LogP contribution is 1.98. The van der Waals surface area contributed by atoms with Crippen molar-refractivity contribution >= 4 is 32.6 Å². The van der Waals surface area contributed by atoms with Gasteiger partial charge in [0.2, 0.25) is 5.91 Å². The Balaban J connectivity index is 3.48. The molecule has 1 amide bonds. The molecule has 0 rings (SSSR count). The van der Waals surface area contributed by atoms with Crippen LogP contribution in [0.5, 0.6) is 0 Å². The second-order valence-electron chi connectivity index (χ2n) is 3.26. The first-order chi connectivity index (χ1) is 6.57. The van der Waals surface area contributed by atoms with Crippen molar-refractivity contribution in [1.29, 1.82) is 0 Å². The number of hydrogen-bond acceptors (Lipinski definition) is 2. The number of halogens is 1. The molecule has 84 valence electrons. The summed E-state index contributed by atoms with van der Waals surface area (Å²) in [5.74, 6) is 0.0586. The summed E-state index contributed by atoms with van der Waals surface area (Å²) in [6.45, 7) is 2.38. The fourth-order valence-corrected chi connectivity index (χ4v) is 1.56. The molecule has 2 atom stereocenters. The smallest absolute Gasteiger partial charge is 0.220 e. The molecule has 5 heteroatoms. The zero-order chi connectivity index (χ0) is 11.0. The first-order valence-electron chi connectivity index (χ1n) is 4.72. The Hall–Kier alpha value is 0.1000. The Labute approximate surface area is 96.6 Å². The number of rotatable bonds is 7. The fourth-order valence-electron chi connectivity index (χ4n) is 0.843. The molecule has 0 aliphatic carbocycles. The molecule has 0 bridgehead atoms. The van der Waals surface area contributed by atoms with Crippen LogP contribution in [0.1, 0.15) is 26.2 Å². The van der Waals surface area contributed by atoms with Crippen molar-refractivity contribution in [2.24, 2.45) is 0 Å². The maximum Gasteiger partial charge on any atom is 0.220 e. The lowest BCUT2D eigenvalue weighted by molar-refractivity contribution is -0.121. The molecule has 3 nitrogen and oxygen atoms in total. The van der Waals surface area contributed by atoms with Gasteiger partial charge in [0.15, 0.2) is 0 Å². The third-order valence-corrected chi connectivity index (χ3v) is 3.80. The lowest BCUT2D eigenvalue weighted by Gasteiger charge is -2.09. The second-order valence-corrected chi connectivity index (χ2v) is 5.85. The maximum absolute atomic E-state index is 11.2. The predicted molar refractivity (Wildman–Crippen MR) is 64.2 cm³/mol. The number of alkyl halides is 1. The first kappa shape index (κ1) is 14.1. The fraction of sp³-hybridized carbons (Fsp3) is 0.889. The van der Waals surface area contributed by atoms with Crippen LogP contribution in [-0.4, -0.2) is 33.5 Å². The minimum absolute atomic E-state index is 0.0372. The van der Waals surface area contributed by atoms with Gasteiger partial charge in [0.1, 0.15) is 0 Å². The molecule has 0 spiro atoms. The molecule has 0 aromatic rings. The van der Waals surface area contributed by atoms with Gasteiger partial charge in [0.05, 0.1) is 0 Å². The van der Waals surface area contributed by atoms with Crippen LogP contribution in [-0.2, 0) is 15.6 Å². The molecule has 0 aromatic heterocycles. The zero-order valence-electron chi connectivity index (χ0n) is 8.72. The van der Waals surface area contributed by atoms with Crippen molar-refractivity contribution in [1.82, 2.24) is 5.32 Å². The van der Waals surface area contributed by atoms with Crippen LogP contribution >= 0.6 is 15.9 Å². The van der Waals surface area contributed by atoms with E-state index in [1.807, 2.05) is 6.92 Å². The second kappa shape index (κ2) is 8.41. The molecular formula is C9H18BrNO2S. The van der Waals surface area contributed by atoms with Gasteiger partial charge in [-0.1, -0.05) is 15.9 Å². The summed E-state index contributed by atoms with van der Waals surface area (Å²) in [7, 11) is -0.856. The number of carbonyl (C=O) groups is 1. The number of carbonyl (C=O) groups excluding carboxylic acids is 1. The van der Waals surface area contributed by atoms with Gasteiger partial charge in [-0.25, -0.2) is 0 Å².